The van der Waals surface area contributed by atoms with Gasteiger partial charge in [0.1, 0.15) is 18.1 Å². The van der Waals surface area contributed by atoms with Crippen molar-refractivity contribution in [1.82, 2.24) is 14.7 Å². The fourth-order valence-electron chi connectivity index (χ4n) is 7.31. The monoisotopic (exact) mass is 671 g/mol. The van der Waals surface area contributed by atoms with Gasteiger partial charge in [-0.05, 0) is 80.3 Å². The van der Waals surface area contributed by atoms with Crippen LogP contribution in [-0.4, -0.2) is 78.1 Å². The molecule has 0 aliphatic carbocycles. The number of hydrogen-bond donors (Lipinski definition) is 0. The van der Waals surface area contributed by atoms with Crippen molar-refractivity contribution in [1.29, 1.82) is 0 Å². The van der Waals surface area contributed by atoms with Crippen molar-refractivity contribution in [3.63, 3.8) is 0 Å². The van der Waals surface area contributed by atoms with Gasteiger partial charge in [0.2, 0.25) is 11.8 Å². The number of halogens is 7. The summed E-state index contributed by atoms with van der Waals surface area (Å²) in [6.07, 6.45) is -9.61. The topological polar surface area (TPSA) is 56.4 Å². The molecule has 5 rings (SSSR count). The summed E-state index contributed by atoms with van der Waals surface area (Å²) < 4.78 is 102. The number of likely N-dealkylation sites (N-methyl/N-ethyl adjacent to an activating group) is 1. The Kier molecular flexibility index (Phi) is 9.48. The number of ether oxygens (including phenoxy) is 1. The minimum atomic E-state index is -4.97. The fraction of sp³-hybridized carbons (Fsp3) is 0.588. The van der Waals surface area contributed by atoms with Gasteiger partial charge in [-0.15, -0.1) is 0 Å². The van der Waals surface area contributed by atoms with Gasteiger partial charge in [-0.25, -0.2) is 4.39 Å². The van der Waals surface area contributed by atoms with Crippen LogP contribution in [0.1, 0.15) is 73.8 Å². The van der Waals surface area contributed by atoms with Crippen LogP contribution in [0.25, 0.3) is 0 Å². The second kappa shape index (κ2) is 12.7. The van der Waals surface area contributed by atoms with Gasteiger partial charge in [-0.2, -0.15) is 26.3 Å². The Labute approximate surface area is 269 Å². The standard InChI is InChI=1S/C34H40F7N3O3/c1-19-14-25(35)6-7-26(19)27-18-44(30(46)21-8-11-43(12-9-21)20(2)45)13-10-28(27)42(5)31-29(47-31)32(3,4)22-15-23(33(36,37)38)17-24(16-22)34(39,40)41/h6-7,14-17,21,27-29,31H,8-13,18H2,1-5H3/t27?,28-,29?,31?/m1/s1. The number of epoxide rings is 1. The third-order valence-corrected chi connectivity index (χ3v) is 10.2. The van der Waals surface area contributed by atoms with E-state index in [0.717, 1.165) is 17.7 Å². The molecule has 3 unspecified atom stereocenters. The zero-order valence-corrected chi connectivity index (χ0v) is 27.0. The van der Waals surface area contributed by atoms with Crippen molar-refractivity contribution in [3.05, 3.63) is 70.0 Å². The number of rotatable bonds is 6. The maximum atomic E-state index is 14.1. The Bertz CT molecular complexity index is 1470. The van der Waals surface area contributed by atoms with Crippen molar-refractivity contribution in [2.24, 2.45) is 5.92 Å². The van der Waals surface area contributed by atoms with E-state index in [4.69, 9.17) is 4.74 Å². The number of piperidine rings is 2. The molecule has 2 aromatic carbocycles. The average molecular weight is 672 g/mol. The van der Waals surface area contributed by atoms with Gasteiger partial charge < -0.3 is 14.5 Å². The first kappa shape index (κ1) is 35.1. The maximum absolute atomic E-state index is 14.1. The molecule has 3 saturated heterocycles. The normalized spacial score (nSPS) is 24.5. The van der Waals surface area contributed by atoms with Gasteiger partial charge in [-0.3, -0.25) is 14.5 Å². The fourth-order valence-corrected chi connectivity index (χ4v) is 7.31. The summed E-state index contributed by atoms with van der Waals surface area (Å²) in [6, 6.07) is 5.90. The maximum Gasteiger partial charge on any atom is 0.416 e. The summed E-state index contributed by atoms with van der Waals surface area (Å²) >= 11 is 0. The van der Waals surface area contributed by atoms with Crippen LogP contribution in [0.15, 0.2) is 36.4 Å². The summed E-state index contributed by atoms with van der Waals surface area (Å²) in [5, 5.41) is 0. The number of carbonyl (C=O) groups is 2. The molecule has 0 N–H and O–H groups in total. The lowest BCUT2D eigenvalue weighted by atomic mass is 9.78. The molecule has 0 bridgehead atoms. The molecule has 0 spiro atoms. The smallest absolute Gasteiger partial charge is 0.352 e. The first-order chi connectivity index (χ1) is 21.8. The van der Waals surface area contributed by atoms with Gasteiger partial charge in [0.15, 0.2) is 0 Å². The minimum absolute atomic E-state index is 0.00534. The van der Waals surface area contributed by atoms with E-state index in [0.29, 0.717) is 51.0 Å². The largest absolute Gasteiger partial charge is 0.416 e. The molecule has 3 fully saturated rings. The summed E-state index contributed by atoms with van der Waals surface area (Å²) in [5.74, 6) is -0.909. The second-order valence-corrected chi connectivity index (χ2v) is 13.7. The van der Waals surface area contributed by atoms with Crippen LogP contribution >= 0.6 is 0 Å². The zero-order chi connectivity index (χ0) is 34.6. The molecule has 258 valence electrons. The highest BCUT2D eigenvalue weighted by molar-refractivity contribution is 5.80. The molecule has 3 aliphatic rings. The Morgan fingerprint density at radius 2 is 1.40 bits per heavy atom. The Hall–Kier alpha value is -3.19. The highest BCUT2D eigenvalue weighted by Gasteiger charge is 2.55. The molecule has 3 aliphatic heterocycles. The van der Waals surface area contributed by atoms with Crippen LogP contribution in [0.4, 0.5) is 30.7 Å². The van der Waals surface area contributed by atoms with E-state index in [1.165, 1.54) is 19.1 Å². The lowest BCUT2D eigenvalue weighted by Crippen LogP contribution is -2.53. The molecule has 47 heavy (non-hydrogen) atoms. The van der Waals surface area contributed by atoms with Crippen LogP contribution < -0.4 is 0 Å². The first-order valence-electron chi connectivity index (χ1n) is 15.8. The highest BCUT2D eigenvalue weighted by Crippen LogP contribution is 2.47. The van der Waals surface area contributed by atoms with Crippen molar-refractivity contribution in [2.45, 2.75) is 89.0 Å². The molecule has 3 heterocycles. The quantitative estimate of drug-likeness (QED) is 0.252. The van der Waals surface area contributed by atoms with E-state index in [-0.39, 0.29) is 41.3 Å². The third-order valence-electron chi connectivity index (χ3n) is 10.2. The summed E-state index contributed by atoms with van der Waals surface area (Å²) in [4.78, 5) is 30.9. The summed E-state index contributed by atoms with van der Waals surface area (Å²) in [7, 11) is 1.81. The van der Waals surface area contributed by atoms with Gasteiger partial charge in [0, 0.05) is 56.4 Å². The number of aryl methyl sites for hydroxylation is 1. The van der Waals surface area contributed by atoms with E-state index in [9.17, 15) is 40.3 Å². The van der Waals surface area contributed by atoms with Gasteiger partial charge in [0.25, 0.3) is 0 Å². The van der Waals surface area contributed by atoms with Crippen molar-refractivity contribution >= 4 is 11.8 Å². The predicted octanol–water partition coefficient (Wildman–Crippen LogP) is 6.75. The average Bonchev–Trinajstić information content (AvgIpc) is 3.81. The second-order valence-electron chi connectivity index (χ2n) is 13.7. The number of nitrogens with zero attached hydrogens (tertiary/aromatic N) is 3. The number of carbonyl (C=O) groups excluding carboxylic acids is 2. The van der Waals surface area contributed by atoms with Crippen molar-refractivity contribution in [3.8, 4) is 0 Å². The number of alkyl halides is 6. The van der Waals surface area contributed by atoms with Gasteiger partial charge >= 0.3 is 12.4 Å². The zero-order valence-electron chi connectivity index (χ0n) is 27.0. The number of likely N-dealkylation sites (tertiary alicyclic amines) is 2. The Morgan fingerprint density at radius 3 is 1.94 bits per heavy atom. The Morgan fingerprint density at radius 1 is 0.851 bits per heavy atom. The number of benzene rings is 2. The molecule has 4 atom stereocenters. The van der Waals surface area contributed by atoms with E-state index >= 15 is 0 Å². The molecule has 6 nitrogen and oxygen atoms in total. The van der Waals surface area contributed by atoms with E-state index in [2.05, 4.69) is 0 Å². The van der Waals surface area contributed by atoms with E-state index in [1.807, 2.05) is 9.80 Å². The molecule has 0 aromatic heterocycles. The van der Waals surface area contributed by atoms with Crippen molar-refractivity contribution < 1.29 is 45.1 Å². The molecule has 13 heteroatoms. The SMILES string of the molecule is CC(=O)N1CCC(C(=O)N2CC[C@@H](N(C)C3OC3C(C)(C)c3cc(C(F)(F)F)cc(C(F)(F)F)c3)C(c3ccc(F)cc3C)C2)CC1. The molecule has 2 amide bonds. The number of amides is 2. The van der Waals surface area contributed by atoms with Crippen LogP contribution in [-0.2, 0) is 32.1 Å². The number of hydrogen-bond acceptors (Lipinski definition) is 4. The molecule has 0 radical (unpaired) electrons. The van der Waals surface area contributed by atoms with E-state index < -0.39 is 47.0 Å². The molecular weight excluding hydrogens is 631 g/mol. The van der Waals surface area contributed by atoms with Crippen LogP contribution in [0, 0.1) is 18.7 Å². The van der Waals surface area contributed by atoms with Gasteiger partial charge in [0.05, 0.1) is 11.1 Å². The van der Waals surface area contributed by atoms with E-state index in [1.54, 1.807) is 38.8 Å². The molecule has 0 saturated carbocycles. The first-order valence-corrected chi connectivity index (χ1v) is 15.8. The molecule has 2 aromatic rings. The lowest BCUT2D eigenvalue weighted by Gasteiger charge is -2.44. The summed E-state index contributed by atoms with van der Waals surface area (Å²) in [5.41, 5.74) is -2.56. The molecular formula is C34H40F7N3O3. The van der Waals surface area contributed by atoms with Crippen LogP contribution in [0.3, 0.4) is 0 Å². The summed E-state index contributed by atoms with van der Waals surface area (Å²) in [6.45, 7) is 8.24. The third kappa shape index (κ3) is 7.30. The van der Waals surface area contributed by atoms with Crippen LogP contribution in [0.5, 0.6) is 0 Å². The van der Waals surface area contributed by atoms with Crippen molar-refractivity contribution in [2.75, 3.05) is 33.2 Å². The Balaban J connectivity index is 1.38. The van der Waals surface area contributed by atoms with Crippen LogP contribution in [0.2, 0.25) is 0 Å². The lowest BCUT2D eigenvalue weighted by molar-refractivity contribution is -0.143. The van der Waals surface area contributed by atoms with Gasteiger partial charge in [-0.1, -0.05) is 19.9 Å². The predicted molar refractivity (Wildman–Crippen MR) is 160 cm³/mol. The highest BCUT2D eigenvalue weighted by atomic mass is 19.4. The minimum Gasteiger partial charge on any atom is -0.352 e.